The van der Waals surface area contributed by atoms with Crippen molar-refractivity contribution >= 4 is 48.4 Å². The van der Waals surface area contributed by atoms with Gasteiger partial charge in [-0.15, -0.1) is 24.8 Å². The highest BCUT2D eigenvalue weighted by atomic mass is 35.5. The van der Waals surface area contributed by atoms with Gasteiger partial charge in [0.15, 0.2) is 0 Å². The van der Waals surface area contributed by atoms with E-state index in [1.54, 1.807) is 18.3 Å². The minimum absolute atomic E-state index is 0. The van der Waals surface area contributed by atoms with Gasteiger partial charge < -0.3 is 15.5 Å². The quantitative estimate of drug-likeness (QED) is 0.696. The molecule has 0 saturated carbocycles. The van der Waals surface area contributed by atoms with E-state index < -0.39 is 0 Å². The molecule has 2 atom stereocenters. The van der Waals surface area contributed by atoms with Crippen molar-refractivity contribution in [3.8, 4) is 0 Å². The second-order valence-corrected chi connectivity index (χ2v) is 7.99. The van der Waals surface area contributed by atoms with Crippen molar-refractivity contribution in [3.05, 3.63) is 23.9 Å². The fourth-order valence-corrected chi connectivity index (χ4v) is 4.30. The van der Waals surface area contributed by atoms with Gasteiger partial charge in [0.1, 0.15) is 5.03 Å². The monoisotopic (exact) mass is 434 g/mol. The number of amides is 2. The maximum absolute atomic E-state index is 12.7. The molecule has 152 valence electrons. The second kappa shape index (κ2) is 11.7. The number of hydrogen-bond donors (Lipinski definition) is 2. The molecular formula is C18H28Cl2N4O2S. The van der Waals surface area contributed by atoms with Crippen LogP contribution in [0.2, 0.25) is 0 Å². The number of piperidine rings is 1. The lowest BCUT2D eigenvalue weighted by molar-refractivity contribution is -0.129. The number of carbonyl (C=O) groups excluding carboxylic acids is 2. The molecule has 0 radical (unpaired) electrons. The van der Waals surface area contributed by atoms with Crippen LogP contribution in [0.4, 0.5) is 0 Å². The van der Waals surface area contributed by atoms with E-state index in [2.05, 4.69) is 15.6 Å². The van der Waals surface area contributed by atoms with Crippen LogP contribution < -0.4 is 10.6 Å². The van der Waals surface area contributed by atoms with Crippen LogP contribution in [0.25, 0.3) is 0 Å². The summed E-state index contributed by atoms with van der Waals surface area (Å²) in [5.74, 6) is 0.0288. The Hall–Kier alpha value is -1.02. The van der Waals surface area contributed by atoms with Crippen LogP contribution in [-0.2, 0) is 4.79 Å². The molecule has 2 aliphatic heterocycles. The highest BCUT2D eigenvalue weighted by Gasteiger charge is 2.26. The molecule has 1 aromatic heterocycles. The fourth-order valence-electron chi connectivity index (χ4n) is 3.31. The summed E-state index contributed by atoms with van der Waals surface area (Å²) in [4.78, 5) is 31.4. The van der Waals surface area contributed by atoms with Gasteiger partial charge in [-0.2, -0.15) is 0 Å². The highest BCUT2D eigenvalue weighted by molar-refractivity contribution is 8.00. The Morgan fingerprint density at radius 3 is 2.70 bits per heavy atom. The van der Waals surface area contributed by atoms with Crippen molar-refractivity contribution in [2.24, 2.45) is 0 Å². The predicted molar refractivity (Wildman–Crippen MR) is 113 cm³/mol. The normalized spacial score (nSPS) is 20.2. The summed E-state index contributed by atoms with van der Waals surface area (Å²) >= 11 is 1.38. The van der Waals surface area contributed by atoms with E-state index in [0.29, 0.717) is 10.6 Å². The van der Waals surface area contributed by atoms with Gasteiger partial charge in [0, 0.05) is 31.9 Å². The predicted octanol–water partition coefficient (Wildman–Crippen LogP) is 2.51. The Morgan fingerprint density at radius 1 is 1.30 bits per heavy atom. The molecule has 3 heterocycles. The number of halogens is 2. The third kappa shape index (κ3) is 6.52. The highest BCUT2D eigenvalue weighted by Crippen LogP contribution is 2.27. The lowest BCUT2D eigenvalue weighted by atomic mass is 10.1. The fraction of sp³-hybridized carbons (Fsp3) is 0.611. The van der Waals surface area contributed by atoms with Crippen molar-refractivity contribution < 1.29 is 9.59 Å². The van der Waals surface area contributed by atoms with Gasteiger partial charge >= 0.3 is 0 Å². The van der Waals surface area contributed by atoms with E-state index in [4.69, 9.17) is 0 Å². The zero-order valence-corrected chi connectivity index (χ0v) is 17.9. The number of thioether (sulfide) groups is 1. The van der Waals surface area contributed by atoms with Crippen LogP contribution in [0.15, 0.2) is 23.4 Å². The Labute approximate surface area is 177 Å². The Balaban J connectivity index is 0.00000182. The zero-order chi connectivity index (χ0) is 17.6. The van der Waals surface area contributed by atoms with E-state index in [0.717, 1.165) is 51.9 Å². The van der Waals surface area contributed by atoms with Gasteiger partial charge in [-0.25, -0.2) is 4.98 Å². The maximum Gasteiger partial charge on any atom is 0.254 e. The molecule has 9 heteroatoms. The molecule has 0 aromatic carbocycles. The summed E-state index contributed by atoms with van der Waals surface area (Å²) in [6.45, 7) is 5.39. The minimum atomic E-state index is -0.240. The van der Waals surface area contributed by atoms with Gasteiger partial charge in [-0.1, -0.05) is 11.8 Å². The van der Waals surface area contributed by atoms with Crippen molar-refractivity contribution in [2.75, 3.05) is 26.2 Å². The number of aromatic nitrogens is 1. The number of hydrogen-bond acceptors (Lipinski definition) is 5. The van der Waals surface area contributed by atoms with E-state index in [1.165, 1.54) is 11.8 Å². The molecule has 27 heavy (non-hydrogen) atoms. The van der Waals surface area contributed by atoms with Crippen molar-refractivity contribution in [1.29, 1.82) is 0 Å². The molecule has 2 fully saturated rings. The number of pyridine rings is 1. The first kappa shape index (κ1) is 24.0. The van der Waals surface area contributed by atoms with E-state index in [-0.39, 0.29) is 47.9 Å². The second-order valence-electron chi connectivity index (χ2n) is 6.67. The number of likely N-dealkylation sites (tertiary alicyclic amines) is 1. The number of nitrogens with zero attached hydrogens (tertiary/aromatic N) is 2. The third-order valence-corrected chi connectivity index (χ3v) is 5.81. The summed E-state index contributed by atoms with van der Waals surface area (Å²) in [5, 5.41) is 6.77. The average Bonchev–Trinajstić information content (AvgIpc) is 3.17. The van der Waals surface area contributed by atoms with Crippen molar-refractivity contribution in [1.82, 2.24) is 20.5 Å². The minimum Gasteiger partial charge on any atom is -0.348 e. The van der Waals surface area contributed by atoms with Gasteiger partial charge in [-0.05, 0) is 51.3 Å². The Morgan fingerprint density at radius 2 is 2.04 bits per heavy atom. The summed E-state index contributed by atoms with van der Waals surface area (Å²) in [6, 6.07) is 3.71. The first-order valence-electron chi connectivity index (χ1n) is 9.07. The summed E-state index contributed by atoms with van der Waals surface area (Å²) < 4.78 is 0. The third-order valence-electron chi connectivity index (χ3n) is 4.70. The molecule has 0 aliphatic carbocycles. The summed E-state index contributed by atoms with van der Waals surface area (Å²) in [7, 11) is 0. The van der Waals surface area contributed by atoms with Crippen LogP contribution >= 0.6 is 36.6 Å². The van der Waals surface area contributed by atoms with Crippen molar-refractivity contribution in [2.45, 2.75) is 48.9 Å². The van der Waals surface area contributed by atoms with Gasteiger partial charge in [0.2, 0.25) is 5.91 Å². The maximum atomic E-state index is 12.7. The first-order valence-corrected chi connectivity index (χ1v) is 9.95. The van der Waals surface area contributed by atoms with Gasteiger partial charge in [-0.3, -0.25) is 9.59 Å². The molecule has 2 amide bonds. The Kier molecular flexibility index (Phi) is 10.4. The Bertz CT molecular complexity index is 623. The van der Waals surface area contributed by atoms with Crippen LogP contribution in [-0.4, -0.2) is 59.2 Å². The van der Waals surface area contributed by atoms with E-state index in [9.17, 15) is 9.59 Å². The molecule has 3 rings (SSSR count). The van der Waals surface area contributed by atoms with Crippen LogP contribution in [0, 0.1) is 0 Å². The number of nitrogens with one attached hydrogen (secondary N) is 2. The van der Waals surface area contributed by atoms with E-state index in [1.807, 2.05) is 11.8 Å². The molecular weight excluding hydrogens is 407 g/mol. The standard InChI is InChI=1S/C18H26N4O2S.2ClH/c1-13(18(24)22-10-2-3-11-22)25-17-15(7-5-9-20-17)16(23)21-14-6-4-8-19-12-14;;/h5,7,9,13-14,19H,2-4,6,8,10-12H2,1H3,(H,21,23);2*1H/t13?,14-;;/m0../s1. The topological polar surface area (TPSA) is 74.3 Å². The molecule has 2 saturated heterocycles. The SMILES string of the molecule is CC(Sc1ncccc1C(=O)N[C@H]1CCCNC1)C(=O)N1CCCC1.Cl.Cl. The average molecular weight is 435 g/mol. The number of carbonyl (C=O) groups is 2. The molecule has 1 aromatic rings. The molecule has 0 bridgehead atoms. The first-order chi connectivity index (χ1) is 12.1. The summed E-state index contributed by atoms with van der Waals surface area (Å²) in [6.07, 6.45) is 5.90. The van der Waals surface area contributed by atoms with Crippen molar-refractivity contribution in [3.63, 3.8) is 0 Å². The lowest BCUT2D eigenvalue weighted by Crippen LogP contribution is -2.45. The lowest BCUT2D eigenvalue weighted by Gasteiger charge is -2.24. The molecule has 2 aliphatic rings. The molecule has 0 spiro atoms. The molecule has 2 N–H and O–H groups in total. The molecule has 1 unspecified atom stereocenters. The number of rotatable bonds is 5. The smallest absolute Gasteiger partial charge is 0.254 e. The molecule has 6 nitrogen and oxygen atoms in total. The van der Waals surface area contributed by atoms with Gasteiger partial charge in [0.25, 0.3) is 5.91 Å². The summed E-state index contributed by atoms with van der Waals surface area (Å²) in [5.41, 5.74) is 0.555. The zero-order valence-electron chi connectivity index (χ0n) is 15.5. The van der Waals surface area contributed by atoms with Gasteiger partial charge in [0.05, 0.1) is 10.8 Å². The van der Waals surface area contributed by atoms with Crippen LogP contribution in [0.1, 0.15) is 43.0 Å². The van der Waals surface area contributed by atoms with Crippen LogP contribution in [0.3, 0.4) is 0 Å². The van der Waals surface area contributed by atoms with Crippen LogP contribution in [0.5, 0.6) is 0 Å². The van der Waals surface area contributed by atoms with E-state index >= 15 is 0 Å². The largest absolute Gasteiger partial charge is 0.348 e.